The number of amides is 3. The van der Waals surface area contributed by atoms with Crippen LogP contribution in [0.3, 0.4) is 0 Å². The molecule has 0 saturated heterocycles. The van der Waals surface area contributed by atoms with Crippen molar-refractivity contribution < 1.29 is 19.1 Å². The summed E-state index contributed by atoms with van der Waals surface area (Å²) in [5.74, 6) is -0.0904. The third-order valence-corrected chi connectivity index (χ3v) is 6.33. The molecule has 0 spiro atoms. The minimum atomic E-state index is -0.634. The molecule has 13 nitrogen and oxygen atoms in total. The highest BCUT2D eigenvalue weighted by Crippen LogP contribution is 2.31. The fraction of sp³-hybridized carbons (Fsp3) is 0.148. The first-order chi connectivity index (χ1) is 19.9. The van der Waals surface area contributed by atoms with Crippen molar-refractivity contribution in [1.29, 1.82) is 0 Å². The standard InChI is InChI=1S/C27H24ClN9O4/c1-41-27(40)31-18-8-9-19-21(13-18)33-24(38)5-3-2-4-20(26-29-14-22(19)34-26)32-25(39)11-6-16-12-17(28)7-10-23(16)37-15-30-35-36-37/h2-3,6-15,20H,4-5H2,1H3,(H,29,34)(H,31,40)(H,32,39)(H,33,38)/b3-2-,11-6+/t20-/m0/s1. The largest absolute Gasteiger partial charge is 0.453 e. The Morgan fingerprint density at radius 2 is 2.07 bits per heavy atom. The Hall–Kier alpha value is -5.30. The average Bonchev–Trinajstić information content (AvgIpc) is 3.66. The van der Waals surface area contributed by atoms with E-state index >= 15 is 0 Å². The zero-order valence-electron chi connectivity index (χ0n) is 21.7. The van der Waals surface area contributed by atoms with Crippen LogP contribution in [-0.4, -0.2) is 55.2 Å². The van der Waals surface area contributed by atoms with Crippen LogP contribution in [0, 0.1) is 0 Å². The van der Waals surface area contributed by atoms with Crippen LogP contribution >= 0.6 is 11.6 Å². The van der Waals surface area contributed by atoms with E-state index in [1.54, 1.807) is 60.8 Å². The zero-order chi connectivity index (χ0) is 28.8. The van der Waals surface area contributed by atoms with Gasteiger partial charge in [0.15, 0.2) is 0 Å². The first-order valence-corrected chi connectivity index (χ1v) is 12.8. The number of carbonyl (C=O) groups excluding carboxylic acids is 3. The lowest BCUT2D eigenvalue weighted by molar-refractivity contribution is -0.117. The van der Waals surface area contributed by atoms with Crippen molar-refractivity contribution in [2.75, 3.05) is 17.7 Å². The number of rotatable bonds is 5. The number of anilines is 2. The number of H-pyrrole nitrogens is 1. The Morgan fingerprint density at radius 1 is 1.20 bits per heavy atom. The first-order valence-electron chi connectivity index (χ1n) is 12.4. The smallest absolute Gasteiger partial charge is 0.411 e. The van der Waals surface area contributed by atoms with Crippen LogP contribution in [0.4, 0.5) is 16.2 Å². The van der Waals surface area contributed by atoms with Gasteiger partial charge in [0.05, 0.1) is 36.4 Å². The molecule has 0 saturated carbocycles. The third-order valence-electron chi connectivity index (χ3n) is 6.10. The van der Waals surface area contributed by atoms with Crippen molar-refractivity contribution in [2.45, 2.75) is 18.9 Å². The van der Waals surface area contributed by atoms with E-state index in [-0.39, 0.29) is 18.2 Å². The van der Waals surface area contributed by atoms with Crippen molar-refractivity contribution in [2.24, 2.45) is 0 Å². The monoisotopic (exact) mass is 573 g/mol. The van der Waals surface area contributed by atoms with Gasteiger partial charge in [-0.2, -0.15) is 4.68 Å². The van der Waals surface area contributed by atoms with Gasteiger partial charge in [0.2, 0.25) is 11.8 Å². The van der Waals surface area contributed by atoms with Gasteiger partial charge in [-0.15, -0.1) is 5.10 Å². The van der Waals surface area contributed by atoms with Crippen molar-refractivity contribution in [3.63, 3.8) is 0 Å². The van der Waals surface area contributed by atoms with Gasteiger partial charge in [-0.25, -0.2) is 9.78 Å². The maximum absolute atomic E-state index is 13.0. The Labute approximate surface area is 238 Å². The summed E-state index contributed by atoms with van der Waals surface area (Å²) in [6.07, 6.45) is 9.47. The molecule has 0 fully saturated rings. The van der Waals surface area contributed by atoms with Gasteiger partial charge in [0, 0.05) is 34.3 Å². The summed E-state index contributed by atoms with van der Waals surface area (Å²) in [6, 6.07) is 9.69. The second-order valence-electron chi connectivity index (χ2n) is 8.87. The molecule has 5 rings (SSSR count). The highest BCUT2D eigenvalue weighted by molar-refractivity contribution is 6.30. The fourth-order valence-electron chi connectivity index (χ4n) is 4.17. The molecule has 0 aliphatic carbocycles. The van der Waals surface area contributed by atoms with E-state index in [1.807, 2.05) is 0 Å². The fourth-order valence-corrected chi connectivity index (χ4v) is 4.35. The van der Waals surface area contributed by atoms with Gasteiger partial charge in [-0.1, -0.05) is 23.8 Å². The van der Waals surface area contributed by atoms with Gasteiger partial charge in [-0.05, 0) is 59.3 Å². The highest BCUT2D eigenvalue weighted by atomic mass is 35.5. The second kappa shape index (κ2) is 12.3. The van der Waals surface area contributed by atoms with E-state index in [9.17, 15) is 14.4 Å². The van der Waals surface area contributed by atoms with Crippen LogP contribution in [0.15, 0.2) is 67.2 Å². The lowest BCUT2D eigenvalue weighted by atomic mass is 10.1. The number of aromatic amines is 1. The molecular formula is C27H24ClN9O4. The summed E-state index contributed by atoms with van der Waals surface area (Å²) < 4.78 is 6.12. The van der Waals surface area contributed by atoms with Crippen molar-refractivity contribution in [3.8, 4) is 16.9 Å². The number of hydrogen-bond acceptors (Lipinski definition) is 8. The van der Waals surface area contributed by atoms with Gasteiger partial charge >= 0.3 is 6.09 Å². The Balaban J connectivity index is 1.40. The Morgan fingerprint density at radius 3 is 2.88 bits per heavy atom. The minimum absolute atomic E-state index is 0.113. The van der Waals surface area contributed by atoms with Crippen LogP contribution in [0.25, 0.3) is 23.0 Å². The molecule has 208 valence electrons. The molecule has 41 heavy (non-hydrogen) atoms. The maximum atomic E-state index is 13.0. The number of ether oxygens (including phenoxy) is 1. The van der Waals surface area contributed by atoms with Crippen LogP contribution < -0.4 is 16.0 Å². The van der Waals surface area contributed by atoms with E-state index in [1.165, 1.54) is 24.2 Å². The molecule has 2 aromatic carbocycles. The number of benzene rings is 2. The molecule has 1 aliphatic rings. The topological polar surface area (TPSA) is 169 Å². The molecule has 4 N–H and O–H groups in total. The van der Waals surface area contributed by atoms with Crippen molar-refractivity contribution in [1.82, 2.24) is 35.5 Å². The average molecular weight is 574 g/mol. The van der Waals surface area contributed by atoms with Gasteiger partial charge < -0.3 is 20.4 Å². The number of nitrogens with zero attached hydrogens (tertiary/aromatic N) is 5. The van der Waals surface area contributed by atoms with E-state index in [0.29, 0.717) is 51.2 Å². The maximum Gasteiger partial charge on any atom is 0.411 e. The molecule has 2 bridgehead atoms. The number of nitrogens with one attached hydrogen (secondary N) is 4. The number of tetrazole rings is 1. The lowest BCUT2D eigenvalue weighted by Crippen LogP contribution is -2.27. The van der Waals surface area contributed by atoms with Gasteiger partial charge in [0.1, 0.15) is 12.2 Å². The summed E-state index contributed by atoms with van der Waals surface area (Å²) >= 11 is 6.18. The molecule has 1 atom stereocenters. The molecule has 1 aliphatic heterocycles. The molecule has 3 heterocycles. The van der Waals surface area contributed by atoms with Crippen molar-refractivity contribution >= 4 is 47.0 Å². The number of imidazole rings is 1. The zero-order valence-corrected chi connectivity index (χ0v) is 22.4. The number of hydrogen-bond donors (Lipinski definition) is 4. The van der Waals surface area contributed by atoms with Crippen LogP contribution in [0.1, 0.15) is 30.3 Å². The molecular weight excluding hydrogens is 550 g/mol. The molecule has 4 aromatic rings. The quantitative estimate of drug-likeness (QED) is 0.205. The summed E-state index contributed by atoms with van der Waals surface area (Å²) in [5.41, 5.74) is 3.47. The minimum Gasteiger partial charge on any atom is -0.453 e. The first kappa shape index (κ1) is 27.3. The normalized spacial score (nSPS) is 15.7. The summed E-state index contributed by atoms with van der Waals surface area (Å²) in [6.45, 7) is 0. The lowest BCUT2D eigenvalue weighted by Gasteiger charge is -2.16. The number of fused-ring (bicyclic) bond motifs is 4. The van der Waals surface area contributed by atoms with Crippen LogP contribution in [0.5, 0.6) is 0 Å². The molecule has 0 unspecified atom stereocenters. The Kier molecular flexibility index (Phi) is 8.15. The highest BCUT2D eigenvalue weighted by Gasteiger charge is 2.19. The van der Waals surface area contributed by atoms with Crippen LogP contribution in [0.2, 0.25) is 5.02 Å². The summed E-state index contributed by atoms with van der Waals surface area (Å²) in [7, 11) is 1.26. The second-order valence-corrected chi connectivity index (χ2v) is 9.31. The Bertz CT molecular complexity index is 1650. The van der Waals surface area contributed by atoms with Crippen LogP contribution in [-0.2, 0) is 14.3 Å². The van der Waals surface area contributed by atoms with Gasteiger partial charge in [0.25, 0.3) is 0 Å². The SMILES string of the molecule is COC(=O)Nc1ccc2c(c1)NC(=O)C/C=C\C[C@H](NC(=O)/C=C/c1cc(Cl)ccc1-n1cnnn1)c1ncc-2[nH]1. The molecule has 0 radical (unpaired) electrons. The third kappa shape index (κ3) is 6.65. The predicted molar refractivity (Wildman–Crippen MR) is 151 cm³/mol. The van der Waals surface area contributed by atoms with Gasteiger partial charge in [-0.3, -0.25) is 14.9 Å². The number of methoxy groups -OCH3 is 1. The number of halogens is 1. The van der Waals surface area contributed by atoms with E-state index in [0.717, 1.165) is 0 Å². The molecule has 14 heteroatoms. The predicted octanol–water partition coefficient (Wildman–Crippen LogP) is 4.04. The summed E-state index contributed by atoms with van der Waals surface area (Å²) in [5, 5.41) is 20.1. The molecule has 3 amide bonds. The van der Waals surface area contributed by atoms with Crippen molar-refractivity contribution in [3.05, 3.63) is 83.6 Å². The molecule has 2 aromatic heterocycles. The number of aromatic nitrogens is 6. The summed E-state index contributed by atoms with van der Waals surface area (Å²) in [4.78, 5) is 45.0. The van der Waals surface area contributed by atoms with E-state index in [2.05, 4.69) is 46.2 Å². The van der Waals surface area contributed by atoms with E-state index in [4.69, 9.17) is 11.6 Å². The number of carbonyl (C=O) groups is 3. The van der Waals surface area contributed by atoms with E-state index < -0.39 is 12.1 Å².